The highest BCUT2D eigenvalue weighted by Crippen LogP contribution is 2.47. The van der Waals surface area contributed by atoms with E-state index in [0.717, 1.165) is 0 Å². The Labute approximate surface area is 267 Å². The largest absolute Gasteiger partial charge is 0.472 e. The number of alkyl carbamates (subject to hydrolysis) is 1. The van der Waals surface area contributed by atoms with Gasteiger partial charge in [-0.25, -0.2) is 14.2 Å². The molecule has 0 radical (unpaired) electrons. The number of hydrogen-bond donors (Lipinski definition) is 2. The van der Waals surface area contributed by atoms with Crippen LogP contribution in [0.2, 0.25) is 0 Å². The summed E-state index contributed by atoms with van der Waals surface area (Å²) >= 11 is 0. The van der Waals surface area contributed by atoms with E-state index < -0.39 is 77.1 Å². The average molecular weight is 641 g/mol. The van der Waals surface area contributed by atoms with Gasteiger partial charge in [0.15, 0.2) is 11.6 Å². The smallest absolute Gasteiger partial charge is 0.408 e. The molecule has 1 aromatic heterocycles. The van der Waals surface area contributed by atoms with E-state index in [9.17, 15) is 24.4 Å². The standard InChI is InChI=1S/C32H41FN6O7/c1-17-21(33)8-7-18-14-38(28(41)25(31(2,3)4)36-30(43)45-20-9-11-44-15-20)24(23(17)18)27(40)39-16-32(12-19(39)13-34)29(42)37-26-22(46-32)6-5-10-35-26/h5-6,10,17-21,23-25H,7-9,11-12,14-16H2,1-4H3,(H,36,43)(H,35,37,42)/t17-,18+,19+,20+,21-,23+,24+,25-,32-/m1/s1. The first kappa shape index (κ1) is 32.0. The van der Waals surface area contributed by atoms with Crippen molar-refractivity contribution in [1.29, 1.82) is 5.26 Å². The number of carbonyl (C=O) groups is 4. The Hall–Kier alpha value is -3.99. The van der Waals surface area contributed by atoms with Crippen molar-refractivity contribution < 1.29 is 37.8 Å². The molecule has 1 saturated carbocycles. The molecule has 9 atom stereocenters. The van der Waals surface area contributed by atoms with Crippen molar-refractivity contribution in [2.24, 2.45) is 23.2 Å². The Morgan fingerprint density at radius 1 is 1.26 bits per heavy atom. The molecule has 4 aliphatic heterocycles. The zero-order valence-electron chi connectivity index (χ0n) is 26.5. The second-order valence-electron chi connectivity index (χ2n) is 14.3. The number of anilines is 1. The molecule has 14 heteroatoms. The van der Waals surface area contributed by atoms with E-state index in [1.54, 1.807) is 39.8 Å². The van der Waals surface area contributed by atoms with E-state index in [4.69, 9.17) is 14.2 Å². The molecule has 5 heterocycles. The van der Waals surface area contributed by atoms with Crippen molar-refractivity contribution in [1.82, 2.24) is 20.1 Å². The molecular weight excluding hydrogens is 599 g/mol. The zero-order chi connectivity index (χ0) is 33.0. The Bertz CT molecular complexity index is 1440. The van der Waals surface area contributed by atoms with Gasteiger partial charge in [-0.1, -0.05) is 27.7 Å². The van der Waals surface area contributed by atoms with E-state index in [2.05, 4.69) is 21.7 Å². The zero-order valence-corrected chi connectivity index (χ0v) is 26.5. The van der Waals surface area contributed by atoms with Crippen LogP contribution in [0.4, 0.5) is 15.0 Å². The number of rotatable bonds is 4. The van der Waals surface area contributed by atoms with E-state index in [-0.39, 0.29) is 37.9 Å². The van der Waals surface area contributed by atoms with Crippen LogP contribution in [0.5, 0.6) is 5.75 Å². The number of nitrogens with zero attached hydrogens (tertiary/aromatic N) is 4. The fourth-order valence-corrected chi connectivity index (χ4v) is 7.75. The first-order chi connectivity index (χ1) is 21.8. The summed E-state index contributed by atoms with van der Waals surface area (Å²) in [5.41, 5.74) is -2.32. The van der Waals surface area contributed by atoms with Crippen molar-refractivity contribution in [3.63, 3.8) is 0 Å². The highest BCUT2D eigenvalue weighted by molar-refractivity contribution is 6.01. The highest BCUT2D eigenvalue weighted by atomic mass is 19.1. The number of amides is 4. The molecule has 0 aromatic carbocycles. The van der Waals surface area contributed by atoms with E-state index >= 15 is 4.39 Å². The van der Waals surface area contributed by atoms with E-state index in [0.29, 0.717) is 31.6 Å². The number of alkyl halides is 1. The maximum Gasteiger partial charge on any atom is 0.408 e. The predicted octanol–water partition coefficient (Wildman–Crippen LogP) is 2.42. The van der Waals surface area contributed by atoms with Crippen molar-refractivity contribution in [3.05, 3.63) is 18.3 Å². The summed E-state index contributed by atoms with van der Waals surface area (Å²) in [6.07, 6.45) is 0.429. The second kappa shape index (κ2) is 12.0. The molecular formula is C32H41FN6O7. The SMILES string of the molecule is C[C@H]1[C@H]2[C@@H](CC[C@H]1F)CN(C(=O)[C@@H](NC(=O)O[C@H]1CCOC1)C(C)(C)C)[C@@H]2C(=O)N1C[C@@]2(C[C@H]1C#N)Oc1cccnc1NC2=O. The molecule has 13 nitrogen and oxygen atoms in total. The Balaban J connectivity index is 1.30. The minimum absolute atomic E-state index is 0.0889. The average Bonchev–Trinajstić information content (AvgIpc) is 3.75. The lowest BCUT2D eigenvalue weighted by atomic mass is 9.70. The molecule has 46 heavy (non-hydrogen) atoms. The lowest BCUT2D eigenvalue weighted by molar-refractivity contribution is -0.149. The molecule has 6 rings (SSSR count). The molecule has 3 saturated heterocycles. The molecule has 1 aromatic rings. The third kappa shape index (κ3) is 5.63. The summed E-state index contributed by atoms with van der Waals surface area (Å²) in [6, 6.07) is 2.24. The van der Waals surface area contributed by atoms with Crippen LogP contribution < -0.4 is 15.4 Å². The van der Waals surface area contributed by atoms with Crippen LogP contribution in [0.1, 0.15) is 53.4 Å². The number of nitriles is 1. The van der Waals surface area contributed by atoms with E-state index in [1.807, 2.05) is 0 Å². The number of fused-ring (bicyclic) bond motifs is 2. The minimum atomic E-state index is -1.54. The number of pyridine rings is 1. The summed E-state index contributed by atoms with van der Waals surface area (Å²) in [4.78, 5) is 62.3. The molecule has 0 bridgehead atoms. The van der Waals surface area contributed by atoms with Crippen molar-refractivity contribution in [2.45, 2.75) is 89.4 Å². The summed E-state index contributed by atoms with van der Waals surface area (Å²) in [5, 5.41) is 15.6. The number of aromatic nitrogens is 1. The number of hydrogen-bond acceptors (Lipinski definition) is 9. The number of halogens is 1. The van der Waals surface area contributed by atoms with Gasteiger partial charge in [-0.15, -0.1) is 0 Å². The monoisotopic (exact) mass is 640 g/mol. The van der Waals surface area contributed by atoms with Crippen LogP contribution in [0.15, 0.2) is 18.3 Å². The summed E-state index contributed by atoms with van der Waals surface area (Å²) in [5.74, 6) is -2.21. The number of carbonyl (C=O) groups excluding carboxylic acids is 4. The molecule has 2 N–H and O–H groups in total. The maximum atomic E-state index is 15.2. The van der Waals surface area contributed by atoms with Crippen LogP contribution in [0.25, 0.3) is 0 Å². The molecule has 248 valence electrons. The van der Waals surface area contributed by atoms with Gasteiger partial charge >= 0.3 is 6.09 Å². The van der Waals surface area contributed by atoms with E-state index in [1.165, 1.54) is 16.0 Å². The fraction of sp³-hybridized carbons (Fsp3) is 0.688. The Morgan fingerprint density at radius 3 is 2.74 bits per heavy atom. The summed E-state index contributed by atoms with van der Waals surface area (Å²) in [6.45, 7) is 7.88. The molecule has 1 aliphatic carbocycles. The van der Waals surface area contributed by atoms with Crippen molar-refractivity contribution in [2.75, 3.05) is 31.6 Å². The first-order valence-corrected chi connectivity index (χ1v) is 16.0. The lowest BCUT2D eigenvalue weighted by Crippen LogP contribution is -2.60. The van der Waals surface area contributed by atoms with Gasteiger partial charge in [0, 0.05) is 25.6 Å². The lowest BCUT2D eigenvalue weighted by Gasteiger charge is -2.40. The molecule has 4 fully saturated rings. The van der Waals surface area contributed by atoms with Gasteiger partial charge in [0.1, 0.15) is 30.4 Å². The van der Waals surface area contributed by atoms with Crippen LogP contribution in [-0.2, 0) is 23.9 Å². The van der Waals surface area contributed by atoms with Crippen LogP contribution in [0, 0.1) is 34.5 Å². The van der Waals surface area contributed by atoms with Crippen LogP contribution >= 0.6 is 0 Å². The van der Waals surface area contributed by atoms with Crippen molar-refractivity contribution >= 4 is 29.6 Å². The first-order valence-electron chi connectivity index (χ1n) is 16.0. The van der Waals surface area contributed by atoms with Gasteiger partial charge in [0.05, 0.1) is 25.8 Å². The predicted molar refractivity (Wildman–Crippen MR) is 160 cm³/mol. The number of nitrogens with one attached hydrogen (secondary N) is 2. The molecule has 1 spiro atoms. The van der Waals surface area contributed by atoms with Crippen molar-refractivity contribution in [3.8, 4) is 11.8 Å². The van der Waals surface area contributed by atoms with Gasteiger partial charge in [-0.05, 0) is 48.1 Å². The normalized spacial score (nSPS) is 34.2. The van der Waals surface area contributed by atoms with Gasteiger partial charge in [-0.3, -0.25) is 14.4 Å². The summed E-state index contributed by atoms with van der Waals surface area (Å²) < 4.78 is 32.2. The summed E-state index contributed by atoms with van der Waals surface area (Å²) in [7, 11) is 0. The molecule has 5 aliphatic rings. The number of likely N-dealkylation sites (tertiary alicyclic amines) is 2. The van der Waals surface area contributed by atoms with Crippen LogP contribution in [0.3, 0.4) is 0 Å². The third-order valence-corrected chi connectivity index (χ3v) is 10.2. The Morgan fingerprint density at radius 2 is 2.04 bits per heavy atom. The fourth-order valence-electron chi connectivity index (χ4n) is 7.75. The topological polar surface area (TPSA) is 163 Å². The van der Waals surface area contributed by atoms with Gasteiger partial charge in [0.2, 0.25) is 17.4 Å². The quantitative estimate of drug-likeness (QED) is 0.503. The second-order valence-corrected chi connectivity index (χ2v) is 14.3. The van der Waals surface area contributed by atoms with Gasteiger partial charge in [0.25, 0.3) is 5.91 Å². The molecule has 0 unspecified atom stereocenters. The minimum Gasteiger partial charge on any atom is -0.472 e. The third-order valence-electron chi connectivity index (χ3n) is 10.2. The number of ether oxygens (including phenoxy) is 3. The maximum absolute atomic E-state index is 15.2. The molecule has 4 amide bonds. The Kier molecular flexibility index (Phi) is 8.33. The van der Waals surface area contributed by atoms with Crippen LogP contribution in [-0.4, -0.2) is 101 Å². The highest BCUT2D eigenvalue weighted by Gasteiger charge is 2.60. The van der Waals surface area contributed by atoms with Gasteiger partial charge in [-0.2, -0.15) is 5.26 Å². The van der Waals surface area contributed by atoms with Gasteiger partial charge < -0.3 is 34.6 Å².